The van der Waals surface area contributed by atoms with E-state index in [0.29, 0.717) is 6.54 Å². The molecule has 0 bridgehead atoms. The lowest BCUT2D eigenvalue weighted by Gasteiger charge is -2.21. The van der Waals surface area contributed by atoms with Crippen LogP contribution in [0.5, 0.6) is 0 Å². The minimum atomic E-state index is 0.403. The van der Waals surface area contributed by atoms with E-state index in [4.69, 9.17) is 10.2 Å². The first-order valence-electron chi connectivity index (χ1n) is 7.69. The van der Waals surface area contributed by atoms with Crippen molar-refractivity contribution in [2.24, 2.45) is 5.92 Å². The highest BCUT2D eigenvalue weighted by atomic mass is 15.1. The molecule has 0 amide bonds. The fourth-order valence-corrected chi connectivity index (χ4v) is 3.37. The van der Waals surface area contributed by atoms with Gasteiger partial charge in [0.05, 0.1) is 17.1 Å². The summed E-state index contributed by atoms with van der Waals surface area (Å²) in [4.78, 5) is 4.73. The third kappa shape index (κ3) is 2.70. The monoisotopic (exact) mass is 267 g/mol. The van der Waals surface area contributed by atoms with Gasteiger partial charge in [-0.2, -0.15) is 5.26 Å². The van der Waals surface area contributed by atoms with E-state index < -0.39 is 0 Å². The van der Waals surface area contributed by atoms with Crippen LogP contribution in [0.2, 0.25) is 0 Å². The van der Waals surface area contributed by atoms with Crippen LogP contribution in [0.25, 0.3) is 11.0 Å². The van der Waals surface area contributed by atoms with Gasteiger partial charge in [0.15, 0.2) is 0 Å². The van der Waals surface area contributed by atoms with E-state index >= 15 is 0 Å². The highest BCUT2D eigenvalue weighted by Gasteiger charge is 2.16. The zero-order valence-corrected chi connectivity index (χ0v) is 11.9. The minimum absolute atomic E-state index is 0.403. The molecule has 0 radical (unpaired) electrons. The summed E-state index contributed by atoms with van der Waals surface area (Å²) in [7, 11) is 0. The molecule has 1 saturated carbocycles. The average molecular weight is 267 g/mol. The van der Waals surface area contributed by atoms with Gasteiger partial charge in [-0.3, -0.25) is 0 Å². The molecule has 1 aromatic heterocycles. The molecule has 1 aliphatic carbocycles. The molecular weight excluding hydrogens is 246 g/mol. The van der Waals surface area contributed by atoms with Crippen LogP contribution in [-0.4, -0.2) is 9.55 Å². The van der Waals surface area contributed by atoms with Crippen molar-refractivity contribution >= 4 is 11.0 Å². The lowest BCUT2D eigenvalue weighted by molar-refractivity contribution is 0.336. The normalized spacial score (nSPS) is 16.4. The maximum absolute atomic E-state index is 9.04. The minimum Gasteiger partial charge on any atom is -0.314 e. The molecule has 3 rings (SSSR count). The third-order valence-electron chi connectivity index (χ3n) is 4.46. The summed E-state index contributed by atoms with van der Waals surface area (Å²) < 4.78 is 2.08. The lowest BCUT2D eigenvalue weighted by Crippen LogP contribution is -2.10. The van der Waals surface area contributed by atoms with Crippen LogP contribution in [-0.2, 0) is 13.0 Å². The molecule has 1 aliphatic rings. The van der Waals surface area contributed by atoms with Gasteiger partial charge in [-0.15, -0.1) is 0 Å². The van der Waals surface area contributed by atoms with E-state index in [-0.39, 0.29) is 0 Å². The molecule has 0 aliphatic heterocycles. The standard InChI is InChI=1S/C17H21N3/c18-12-13-20-16-9-5-4-8-15(16)19-17(20)11-10-14-6-2-1-3-7-14/h4-5,8-9,14H,1-3,6-7,10-11,13H2. The predicted octanol–water partition coefficient (Wildman–Crippen LogP) is 4.07. The second kappa shape index (κ2) is 6.09. The first-order valence-corrected chi connectivity index (χ1v) is 7.69. The summed E-state index contributed by atoms with van der Waals surface area (Å²) in [6.45, 7) is 0.403. The van der Waals surface area contributed by atoms with Gasteiger partial charge in [-0.1, -0.05) is 44.2 Å². The van der Waals surface area contributed by atoms with Crippen molar-refractivity contribution in [2.75, 3.05) is 0 Å². The Balaban J connectivity index is 1.79. The number of imidazole rings is 1. The van der Waals surface area contributed by atoms with Gasteiger partial charge in [-0.25, -0.2) is 4.98 Å². The van der Waals surface area contributed by atoms with Crippen molar-refractivity contribution in [2.45, 2.75) is 51.5 Å². The maximum atomic E-state index is 9.04. The van der Waals surface area contributed by atoms with Gasteiger partial charge in [0.1, 0.15) is 12.4 Å². The zero-order valence-electron chi connectivity index (χ0n) is 11.9. The summed E-state index contributed by atoms with van der Waals surface area (Å²) in [5.41, 5.74) is 2.11. The number of hydrogen-bond acceptors (Lipinski definition) is 2. The van der Waals surface area contributed by atoms with Crippen LogP contribution in [0.1, 0.15) is 44.3 Å². The highest BCUT2D eigenvalue weighted by Crippen LogP contribution is 2.28. The summed E-state index contributed by atoms with van der Waals surface area (Å²) in [6, 6.07) is 10.4. The Morgan fingerprint density at radius 1 is 1.20 bits per heavy atom. The Morgan fingerprint density at radius 3 is 2.80 bits per heavy atom. The molecule has 104 valence electrons. The number of aryl methyl sites for hydroxylation is 1. The molecule has 2 aromatic rings. The van der Waals surface area contributed by atoms with E-state index in [1.54, 1.807) is 0 Å². The third-order valence-corrected chi connectivity index (χ3v) is 4.46. The van der Waals surface area contributed by atoms with Crippen LogP contribution in [0, 0.1) is 17.2 Å². The maximum Gasteiger partial charge on any atom is 0.111 e. The van der Waals surface area contributed by atoms with Crippen molar-refractivity contribution < 1.29 is 0 Å². The first kappa shape index (κ1) is 13.2. The molecule has 20 heavy (non-hydrogen) atoms. The summed E-state index contributed by atoms with van der Waals surface area (Å²) in [5.74, 6) is 1.94. The van der Waals surface area contributed by atoms with Crippen LogP contribution in [0.4, 0.5) is 0 Å². The molecule has 1 aromatic carbocycles. The number of nitrogens with zero attached hydrogens (tertiary/aromatic N) is 3. The zero-order chi connectivity index (χ0) is 13.8. The summed E-state index contributed by atoms with van der Waals surface area (Å²) in [5, 5.41) is 9.04. The van der Waals surface area contributed by atoms with Crippen molar-refractivity contribution in [3.63, 3.8) is 0 Å². The number of benzene rings is 1. The number of para-hydroxylation sites is 2. The molecule has 0 unspecified atom stereocenters. The Morgan fingerprint density at radius 2 is 2.00 bits per heavy atom. The summed E-state index contributed by atoms with van der Waals surface area (Å²) >= 11 is 0. The van der Waals surface area contributed by atoms with Crippen molar-refractivity contribution in [1.82, 2.24) is 9.55 Å². The van der Waals surface area contributed by atoms with Crippen molar-refractivity contribution in [1.29, 1.82) is 5.26 Å². The van der Waals surface area contributed by atoms with Gasteiger partial charge in [0.2, 0.25) is 0 Å². The van der Waals surface area contributed by atoms with E-state index in [1.165, 1.54) is 38.5 Å². The number of fused-ring (bicyclic) bond motifs is 1. The Kier molecular flexibility index (Phi) is 4.01. The number of aromatic nitrogens is 2. The largest absolute Gasteiger partial charge is 0.314 e. The molecular formula is C17H21N3. The van der Waals surface area contributed by atoms with Crippen molar-refractivity contribution in [3.8, 4) is 6.07 Å². The molecule has 3 nitrogen and oxygen atoms in total. The van der Waals surface area contributed by atoms with E-state index in [2.05, 4.69) is 16.7 Å². The molecule has 0 saturated heterocycles. The Hall–Kier alpha value is -1.82. The quantitative estimate of drug-likeness (QED) is 0.837. The van der Waals surface area contributed by atoms with Gasteiger partial charge in [-0.05, 0) is 24.5 Å². The second-order valence-corrected chi connectivity index (χ2v) is 5.80. The first-order chi connectivity index (χ1) is 9.88. The molecule has 0 N–H and O–H groups in total. The topological polar surface area (TPSA) is 41.6 Å². The number of rotatable bonds is 4. The van der Waals surface area contributed by atoms with E-state index in [9.17, 15) is 0 Å². The molecule has 0 atom stereocenters. The van der Waals surface area contributed by atoms with Crippen molar-refractivity contribution in [3.05, 3.63) is 30.1 Å². The fourth-order valence-electron chi connectivity index (χ4n) is 3.37. The smallest absolute Gasteiger partial charge is 0.111 e. The molecule has 0 spiro atoms. The molecule has 1 fully saturated rings. The van der Waals surface area contributed by atoms with Gasteiger partial charge in [0, 0.05) is 6.42 Å². The lowest BCUT2D eigenvalue weighted by atomic mass is 9.86. The Labute approximate surface area is 120 Å². The van der Waals surface area contributed by atoms with Crippen LogP contribution in [0.3, 0.4) is 0 Å². The van der Waals surface area contributed by atoms with E-state index in [0.717, 1.165) is 29.2 Å². The van der Waals surface area contributed by atoms with E-state index in [1.807, 2.05) is 18.2 Å². The summed E-state index contributed by atoms with van der Waals surface area (Å²) in [6.07, 6.45) is 9.15. The van der Waals surface area contributed by atoms with Gasteiger partial charge < -0.3 is 4.57 Å². The molecule has 1 heterocycles. The number of hydrogen-bond donors (Lipinski definition) is 0. The number of nitriles is 1. The predicted molar refractivity (Wildman–Crippen MR) is 80.2 cm³/mol. The second-order valence-electron chi connectivity index (χ2n) is 5.80. The van der Waals surface area contributed by atoms with Crippen LogP contribution >= 0.6 is 0 Å². The highest BCUT2D eigenvalue weighted by molar-refractivity contribution is 5.76. The van der Waals surface area contributed by atoms with Crippen LogP contribution < -0.4 is 0 Å². The fraction of sp³-hybridized carbons (Fsp3) is 0.529. The van der Waals surface area contributed by atoms with Crippen LogP contribution in [0.15, 0.2) is 24.3 Å². The SMILES string of the molecule is N#CCn1c(CCC2CCCCC2)nc2ccccc21. The van der Waals surface area contributed by atoms with Gasteiger partial charge >= 0.3 is 0 Å². The molecule has 3 heteroatoms. The Bertz CT molecular complexity index is 615. The van der Waals surface area contributed by atoms with Gasteiger partial charge in [0.25, 0.3) is 0 Å². The average Bonchev–Trinajstić information content (AvgIpc) is 2.85.